The Morgan fingerprint density at radius 3 is 2.70 bits per heavy atom. The molecule has 0 aliphatic carbocycles. The fourth-order valence-corrected chi connectivity index (χ4v) is 2.41. The van der Waals surface area contributed by atoms with Crippen molar-refractivity contribution < 1.29 is 9.18 Å². The maximum atomic E-state index is 13.7. The molecule has 0 unspecified atom stereocenters. The minimum Gasteiger partial charge on any atom is -0.399 e. The van der Waals surface area contributed by atoms with Crippen molar-refractivity contribution in [2.75, 3.05) is 11.1 Å². The second kappa shape index (κ2) is 5.16. The first kappa shape index (κ1) is 14.4. The van der Waals surface area contributed by atoms with E-state index in [-0.39, 0.29) is 11.1 Å². The van der Waals surface area contributed by atoms with E-state index in [1.807, 2.05) is 20.8 Å². The number of hydrogen-bond acceptors (Lipinski definition) is 5. The molecule has 106 valence electrons. The number of benzene rings is 1. The van der Waals surface area contributed by atoms with Gasteiger partial charge in [-0.25, -0.2) is 4.39 Å². The molecule has 0 aliphatic heterocycles. The van der Waals surface area contributed by atoms with Crippen LogP contribution in [-0.4, -0.2) is 15.5 Å². The summed E-state index contributed by atoms with van der Waals surface area (Å²) in [6.07, 6.45) is 0. The Hall–Kier alpha value is -2.02. The lowest BCUT2D eigenvalue weighted by atomic mass is 9.91. The molecule has 0 spiro atoms. The van der Waals surface area contributed by atoms with Crippen LogP contribution in [0.25, 0.3) is 0 Å². The SMILES string of the molecule is CC(C)(C)c1nnsc1C(=O)Nc1ccc(N)cc1F. The second-order valence-electron chi connectivity index (χ2n) is 5.39. The Morgan fingerprint density at radius 1 is 1.40 bits per heavy atom. The monoisotopic (exact) mass is 294 g/mol. The third kappa shape index (κ3) is 2.93. The van der Waals surface area contributed by atoms with Crippen molar-refractivity contribution in [2.45, 2.75) is 26.2 Å². The highest BCUT2D eigenvalue weighted by Gasteiger charge is 2.26. The predicted octanol–water partition coefficient (Wildman–Crippen LogP) is 2.81. The molecule has 20 heavy (non-hydrogen) atoms. The van der Waals surface area contributed by atoms with Crippen LogP contribution in [-0.2, 0) is 5.41 Å². The van der Waals surface area contributed by atoms with Gasteiger partial charge in [0.1, 0.15) is 10.7 Å². The lowest BCUT2D eigenvalue weighted by Crippen LogP contribution is -2.20. The Kier molecular flexibility index (Phi) is 3.71. The van der Waals surface area contributed by atoms with Crippen molar-refractivity contribution in [3.63, 3.8) is 0 Å². The molecular weight excluding hydrogens is 279 g/mol. The number of aromatic nitrogens is 2. The van der Waals surface area contributed by atoms with Crippen molar-refractivity contribution in [2.24, 2.45) is 0 Å². The molecule has 0 bridgehead atoms. The number of halogens is 1. The minimum atomic E-state index is -0.576. The van der Waals surface area contributed by atoms with E-state index in [1.165, 1.54) is 12.1 Å². The summed E-state index contributed by atoms with van der Waals surface area (Å²) in [5.41, 5.74) is 6.13. The number of carbonyl (C=O) groups excluding carboxylic acids is 1. The molecule has 0 atom stereocenters. The van der Waals surface area contributed by atoms with Gasteiger partial charge in [0.15, 0.2) is 0 Å². The lowest BCUT2D eigenvalue weighted by Gasteiger charge is -2.16. The molecule has 0 aliphatic rings. The van der Waals surface area contributed by atoms with E-state index in [2.05, 4.69) is 14.9 Å². The molecule has 0 radical (unpaired) electrons. The van der Waals surface area contributed by atoms with Crippen molar-refractivity contribution in [3.05, 3.63) is 34.6 Å². The summed E-state index contributed by atoms with van der Waals surface area (Å²) in [6, 6.07) is 4.10. The molecule has 1 heterocycles. The zero-order valence-electron chi connectivity index (χ0n) is 11.4. The number of nitrogens with one attached hydrogen (secondary N) is 1. The summed E-state index contributed by atoms with van der Waals surface area (Å²) in [5, 5.41) is 6.49. The summed E-state index contributed by atoms with van der Waals surface area (Å²) in [6.45, 7) is 5.80. The van der Waals surface area contributed by atoms with Crippen LogP contribution in [0.4, 0.5) is 15.8 Å². The summed E-state index contributed by atoms with van der Waals surface area (Å²) >= 11 is 0.992. The van der Waals surface area contributed by atoms with Crippen LogP contribution in [0, 0.1) is 5.82 Å². The van der Waals surface area contributed by atoms with Crippen LogP contribution < -0.4 is 11.1 Å². The van der Waals surface area contributed by atoms with Gasteiger partial charge in [0.2, 0.25) is 0 Å². The third-order valence-corrected chi connectivity index (χ3v) is 3.37. The van der Waals surface area contributed by atoms with Crippen molar-refractivity contribution >= 4 is 28.8 Å². The number of nitrogens with zero attached hydrogens (tertiary/aromatic N) is 2. The van der Waals surface area contributed by atoms with Crippen molar-refractivity contribution in [1.82, 2.24) is 9.59 Å². The first-order valence-corrected chi connectivity index (χ1v) is 6.75. The van der Waals surface area contributed by atoms with Gasteiger partial charge in [0, 0.05) is 11.1 Å². The average molecular weight is 294 g/mol. The van der Waals surface area contributed by atoms with Crippen LogP contribution in [0.2, 0.25) is 0 Å². The molecular formula is C13H15FN4OS. The summed E-state index contributed by atoms with van der Waals surface area (Å²) < 4.78 is 17.5. The summed E-state index contributed by atoms with van der Waals surface area (Å²) in [5.74, 6) is -0.998. The molecule has 7 heteroatoms. The van der Waals surface area contributed by atoms with Gasteiger partial charge >= 0.3 is 0 Å². The number of amides is 1. The van der Waals surface area contributed by atoms with E-state index in [0.29, 0.717) is 16.3 Å². The molecule has 1 aromatic carbocycles. The van der Waals surface area contributed by atoms with Gasteiger partial charge < -0.3 is 11.1 Å². The topological polar surface area (TPSA) is 80.9 Å². The molecule has 0 fully saturated rings. The van der Waals surface area contributed by atoms with Crippen LogP contribution in [0.5, 0.6) is 0 Å². The first-order valence-electron chi connectivity index (χ1n) is 5.98. The minimum absolute atomic E-state index is 0.0810. The number of nitrogens with two attached hydrogens (primary N) is 1. The second-order valence-corrected chi connectivity index (χ2v) is 6.15. The smallest absolute Gasteiger partial charge is 0.269 e. The molecule has 1 amide bonds. The van der Waals surface area contributed by atoms with E-state index in [1.54, 1.807) is 0 Å². The van der Waals surface area contributed by atoms with Crippen LogP contribution in [0.15, 0.2) is 18.2 Å². The van der Waals surface area contributed by atoms with Crippen LogP contribution in [0.3, 0.4) is 0 Å². The fraction of sp³-hybridized carbons (Fsp3) is 0.308. The number of rotatable bonds is 2. The Labute approximate surface area is 120 Å². The van der Waals surface area contributed by atoms with E-state index >= 15 is 0 Å². The van der Waals surface area contributed by atoms with E-state index in [4.69, 9.17) is 5.73 Å². The van der Waals surface area contributed by atoms with Crippen LogP contribution >= 0.6 is 11.5 Å². The van der Waals surface area contributed by atoms with E-state index < -0.39 is 11.7 Å². The largest absolute Gasteiger partial charge is 0.399 e. The number of nitrogen functional groups attached to an aromatic ring is 1. The first-order chi connectivity index (χ1) is 9.29. The summed E-state index contributed by atoms with van der Waals surface area (Å²) in [7, 11) is 0. The standard InChI is InChI=1S/C13H15FN4OS/c1-13(2,3)11-10(20-18-17-11)12(19)16-9-5-4-7(15)6-8(9)14/h4-6H,15H2,1-3H3,(H,16,19). The van der Waals surface area contributed by atoms with Gasteiger partial charge in [0.05, 0.1) is 11.4 Å². The lowest BCUT2D eigenvalue weighted by molar-refractivity contribution is 0.102. The molecule has 0 saturated heterocycles. The molecule has 3 N–H and O–H groups in total. The number of carbonyl (C=O) groups is 1. The zero-order valence-corrected chi connectivity index (χ0v) is 12.2. The van der Waals surface area contributed by atoms with Crippen molar-refractivity contribution in [1.29, 1.82) is 0 Å². The predicted molar refractivity (Wildman–Crippen MR) is 77.4 cm³/mol. The van der Waals surface area contributed by atoms with E-state index in [9.17, 15) is 9.18 Å². The quantitative estimate of drug-likeness (QED) is 0.835. The number of anilines is 2. The Balaban J connectivity index is 2.27. The van der Waals surface area contributed by atoms with Gasteiger partial charge in [-0.15, -0.1) is 5.10 Å². The fourth-order valence-electron chi connectivity index (χ4n) is 1.64. The van der Waals surface area contributed by atoms with Gasteiger partial charge in [-0.2, -0.15) is 0 Å². The number of hydrogen-bond donors (Lipinski definition) is 2. The average Bonchev–Trinajstić information content (AvgIpc) is 2.81. The highest BCUT2D eigenvalue weighted by atomic mass is 32.1. The highest BCUT2D eigenvalue weighted by Crippen LogP contribution is 2.27. The van der Waals surface area contributed by atoms with Gasteiger partial charge in [0.25, 0.3) is 5.91 Å². The third-order valence-electron chi connectivity index (χ3n) is 2.65. The van der Waals surface area contributed by atoms with Gasteiger partial charge in [-0.1, -0.05) is 25.3 Å². The van der Waals surface area contributed by atoms with Crippen molar-refractivity contribution in [3.8, 4) is 0 Å². The normalized spacial score (nSPS) is 11.4. The molecule has 0 saturated carbocycles. The van der Waals surface area contributed by atoms with E-state index in [0.717, 1.165) is 17.6 Å². The molecule has 2 rings (SSSR count). The Morgan fingerprint density at radius 2 is 2.10 bits per heavy atom. The zero-order chi connectivity index (χ0) is 14.9. The van der Waals surface area contributed by atoms with Gasteiger partial charge in [-0.05, 0) is 29.7 Å². The Bertz CT molecular complexity index is 648. The molecule has 2 aromatic rings. The highest BCUT2D eigenvalue weighted by molar-refractivity contribution is 7.08. The van der Waals surface area contributed by atoms with Gasteiger partial charge in [-0.3, -0.25) is 4.79 Å². The molecule has 5 nitrogen and oxygen atoms in total. The van der Waals surface area contributed by atoms with Crippen LogP contribution in [0.1, 0.15) is 36.1 Å². The maximum absolute atomic E-state index is 13.7. The summed E-state index contributed by atoms with van der Waals surface area (Å²) in [4.78, 5) is 12.6. The maximum Gasteiger partial charge on any atom is 0.269 e. The molecule has 1 aromatic heterocycles.